The third-order valence-corrected chi connectivity index (χ3v) is 3.55. The fourth-order valence-electron chi connectivity index (χ4n) is 1.22. The number of hydrogen-bond acceptors (Lipinski definition) is 3. The van der Waals surface area contributed by atoms with E-state index in [4.69, 9.17) is 11.6 Å². The molecule has 0 radical (unpaired) electrons. The molecule has 0 unspecified atom stereocenters. The molecule has 1 aromatic rings. The maximum Gasteiger partial charge on any atom is 0.299 e. The van der Waals surface area contributed by atoms with E-state index < -0.39 is 10.2 Å². The molecule has 1 fully saturated rings. The quantitative estimate of drug-likeness (QED) is 0.806. The van der Waals surface area contributed by atoms with Crippen molar-refractivity contribution >= 4 is 27.5 Å². The third kappa shape index (κ3) is 3.07. The van der Waals surface area contributed by atoms with E-state index in [0.717, 1.165) is 18.4 Å². The summed E-state index contributed by atoms with van der Waals surface area (Å²) in [6.45, 7) is 1.81. The number of aromatic nitrogens is 1. The number of pyridine rings is 1. The molecule has 0 amide bonds. The van der Waals surface area contributed by atoms with Gasteiger partial charge in [-0.2, -0.15) is 13.1 Å². The topological polar surface area (TPSA) is 71.1 Å². The van der Waals surface area contributed by atoms with Gasteiger partial charge in [-0.3, -0.25) is 4.72 Å². The zero-order valence-corrected chi connectivity index (χ0v) is 10.3. The summed E-state index contributed by atoms with van der Waals surface area (Å²) in [6.07, 6.45) is 3.36. The highest BCUT2D eigenvalue weighted by atomic mass is 35.5. The van der Waals surface area contributed by atoms with E-state index >= 15 is 0 Å². The Hall–Kier alpha value is -0.850. The van der Waals surface area contributed by atoms with Gasteiger partial charge in [-0.1, -0.05) is 11.6 Å². The standard InChI is InChI=1S/C9H12ClN3O2S/c1-6-4-8(9(10)11-5-6)13-16(14,15)12-7-2-3-7/h4-5,7,12-13H,2-3H2,1H3. The lowest BCUT2D eigenvalue weighted by Gasteiger charge is -2.09. The van der Waals surface area contributed by atoms with Gasteiger partial charge in [0, 0.05) is 12.2 Å². The average molecular weight is 262 g/mol. The molecular formula is C9H12ClN3O2S. The van der Waals surface area contributed by atoms with Crippen LogP contribution >= 0.6 is 11.6 Å². The van der Waals surface area contributed by atoms with E-state index in [-0.39, 0.29) is 11.2 Å². The van der Waals surface area contributed by atoms with E-state index in [2.05, 4.69) is 14.4 Å². The van der Waals surface area contributed by atoms with Crippen molar-refractivity contribution in [3.8, 4) is 0 Å². The number of rotatable bonds is 4. The van der Waals surface area contributed by atoms with Crippen LogP contribution in [0.4, 0.5) is 5.69 Å². The lowest BCUT2D eigenvalue weighted by Crippen LogP contribution is -2.31. The molecule has 88 valence electrons. The smallest absolute Gasteiger partial charge is 0.268 e. The minimum absolute atomic E-state index is 0.0639. The SMILES string of the molecule is Cc1cnc(Cl)c(NS(=O)(=O)NC2CC2)c1. The lowest BCUT2D eigenvalue weighted by molar-refractivity contribution is 0.586. The molecule has 2 rings (SSSR count). The largest absolute Gasteiger partial charge is 0.299 e. The van der Waals surface area contributed by atoms with Gasteiger partial charge in [0.2, 0.25) is 0 Å². The van der Waals surface area contributed by atoms with Crippen LogP contribution in [0.2, 0.25) is 5.15 Å². The summed E-state index contributed by atoms with van der Waals surface area (Å²) in [5.74, 6) is 0. The molecule has 5 nitrogen and oxygen atoms in total. The van der Waals surface area contributed by atoms with Crippen LogP contribution in [-0.4, -0.2) is 19.4 Å². The van der Waals surface area contributed by atoms with Crippen LogP contribution in [0.15, 0.2) is 12.3 Å². The number of anilines is 1. The van der Waals surface area contributed by atoms with Crippen LogP contribution in [0.3, 0.4) is 0 Å². The molecule has 7 heteroatoms. The molecular weight excluding hydrogens is 250 g/mol. The highest BCUT2D eigenvalue weighted by Crippen LogP contribution is 2.23. The van der Waals surface area contributed by atoms with E-state index in [1.807, 2.05) is 6.92 Å². The Morgan fingerprint density at radius 1 is 1.50 bits per heavy atom. The zero-order chi connectivity index (χ0) is 11.8. The molecule has 1 saturated carbocycles. The second-order valence-electron chi connectivity index (χ2n) is 3.85. The second-order valence-corrected chi connectivity index (χ2v) is 5.65. The van der Waals surface area contributed by atoms with Gasteiger partial charge in [-0.05, 0) is 31.4 Å². The lowest BCUT2D eigenvalue weighted by atomic mass is 10.3. The van der Waals surface area contributed by atoms with Gasteiger partial charge in [0.25, 0.3) is 10.2 Å². The first kappa shape index (κ1) is 11.6. The molecule has 1 aliphatic rings. The monoisotopic (exact) mass is 261 g/mol. The van der Waals surface area contributed by atoms with Crippen LogP contribution in [0.1, 0.15) is 18.4 Å². The van der Waals surface area contributed by atoms with Gasteiger partial charge in [0.15, 0.2) is 5.15 Å². The molecule has 0 spiro atoms. The molecule has 0 saturated heterocycles. The molecule has 0 aliphatic heterocycles. The first-order valence-corrected chi connectivity index (χ1v) is 6.74. The van der Waals surface area contributed by atoms with Crippen molar-refractivity contribution in [3.63, 3.8) is 0 Å². The molecule has 0 atom stereocenters. The summed E-state index contributed by atoms with van der Waals surface area (Å²) in [5, 5.41) is 0.145. The zero-order valence-electron chi connectivity index (χ0n) is 8.70. The number of halogens is 1. The normalized spacial score (nSPS) is 16.1. The van der Waals surface area contributed by atoms with Gasteiger partial charge >= 0.3 is 0 Å². The second kappa shape index (κ2) is 4.20. The van der Waals surface area contributed by atoms with E-state index in [0.29, 0.717) is 5.69 Å². The van der Waals surface area contributed by atoms with E-state index in [1.165, 1.54) is 0 Å². The molecule has 1 aromatic heterocycles. The van der Waals surface area contributed by atoms with Crippen molar-refractivity contribution in [2.45, 2.75) is 25.8 Å². The first-order chi connectivity index (χ1) is 7.46. The Morgan fingerprint density at radius 3 is 2.81 bits per heavy atom. The van der Waals surface area contributed by atoms with Gasteiger partial charge in [-0.25, -0.2) is 4.98 Å². The predicted molar refractivity (Wildman–Crippen MR) is 62.7 cm³/mol. The molecule has 0 aromatic carbocycles. The Balaban J connectivity index is 2.15. The van der Waals surface area contributed by atoms with Gasteiger partial charge in [0.1, 0.15) is 0 Å². The summed E-state index contributed by atoms with van der Waals surface area (Å²) in [7, 11) is -3.54. The van der Waals surface area contributed by atoms with Crippen molar-refractivity contribution in [2.24, 2.45) is 0 Å². The fraction of sp³-hybridized carbons (Fsp3) is 0.444. The predicted octanol–water partition coefficient (Wildman–Crippen LogP) is 1.45. The fourth-order valence-corrected chi connectivity index (χ4v) is 2.60. The molecule has 0 bridgehead atoms. The molecule has 16 heavy (non-hydrogen) atoms. The van der Waals surface area contributed by atoms with Gasteiger partial charge < -0.3 is 0 Å². The maximum atomic E-state index is 11.6. The summed E-state index contributed by atoms with van der Waals surface area (Å²) in [5.41, 5.74) is 1.14. The first-order valence-electron chi connectivity index (χ1n) is 4.88. The summed E-state index contributed by atoms with van der Waals surface area (Å²) < 4.78 is 28.1. The average Bonchev–Trinajstić information content (AvgIpc) is 2.94. The summed E-state index contributed by atoms with van der Waals surface area (Å²) in [4.78, 5) is 3.87. The summed E-state index contributed by atoms with van der Waals surface area (Å²) in [6, 6.07) is 1.70. The van der Waals surface area contributed by atoms with Crippen molar-refractivity contribution in [2.75, 3.05) is 4.72 Å². The van der Waals surface area contributed by atoms with Crippen LogP contribution in [0.5, 0.6) is 0 Å². The Bertz CT molecular complexity index is 499. The number of aryl methyl sites for hydroxylation is 1. The highest BCUT2D eigenvalue weighted by Gasteiger charge is 2.27. The number of nitrogens with one attached hydrogen (secondary N) is 2. The third-order valence-electron chi connectivity index (χ3n) is 2.12. The van der Waals surface area contributed by atoms with E-state index in [1.54, 1.807) is 12.3 Å². The van der Waals surface area contributed by atoms with Crippen molar-refractivity contribution in [1.82, 2.24) is 9.71 Å². The molecule has 1 aliphatic carbocycles. The van der Waals surface area contributed by atoms with Gasteiger partial charge in [-0.15, -0.1) is 0 Å². The minimum atomic E-state index is -3.54. The van der Waals surface area contributed by atoms with Crippen LogP contribution in [0, 0.1) is 6.92 Å². The van der Waals surface area contributed by atoms with Gasteiger partial charge in [0.05, 0.1) is 5.69 Å². The molecule has 1 heterocycles. The summed E-state index contributed by atoms with van der Waals surface area (Å²) >= 11 is 5.79. The Morgan fingerprint density at radius 2 is 2.19 bits per heavy atom. The Labute approximate surface area is 99.4 Å². The Kier molecular flexibility index (Phi) is 3.05. The number of hydrogen-bond donors (Lipinski definition) is 2. The maximum absolute atomic E-state index is 11.6. The number of nitrogens with zero attached hydrogens (tertiary/aromatic N) is 1. The minimum Gasteiger partial charge on any atom is -0.268 e. The van der Waals surface area contributed by atoms with Crippen LogP contribution in [0.25, 0.3) is 0 Å². The molecule has 2 N–H and O–H groups in total. The van der Waals surface area contributed by atoms with Crippen molar-refractivity contribution in [3.05, 3.63) is 23.0 Å². The van der Waals surface area contributed by atoms with E-state index in [9.17, 15) is 8.42 Å². The van der Waals surface area contributed by atoms with Crippen LogP contribution < -0.4 is 9.44 Å². The van der Waals surface area contributed by atoms with Crippen molar-refractivity contribution in [1.29, 1.82) is 0 Å². The van der Waals surface area contributed by atoms with Crippen LogP contribution in [-0.2, 0) is 10.2 Å². The van der Waals surface area contributed by atoms with Crippen molar-refractivity contribution < 1.29 is 8.42 Å². The highest BCUT2D eigenvalue weighted by molar-refractivity contribution is 7.90.